The second-order valence-electron chi connectivity index (χ2n) is 4.26. The van der Waals surface area contributed by atoms with Crippen LogP contribution in [0.1, 0.15) is 18.9 Å². The van der Waals surface area contributed by atoms with Crippen LogP contribution in [0.2, 0.25) is 0 Å². The van der Waals surface area contributed by atoms with E-state index < -0.39 is 11.2 Å². The molecule has 2 atom stereocenters. The van der Waals surface area contributed by atoms with E-state index in [0.717, 1.165) is 0 Å². The van der Waals surface area contributed by atoms with Gasteiger partial charge in [-0.2, -0.15) is 13.2 Å². The van der Waals surface area contributed by atoms with E-state index in [9.17, 15) is 13.2 Å². The lowest BCUT2D eigenvalue weighted by Crippen LogP contribution is -2.54. The zero-order valence-electron chi connectivity index (χ0n) is 9.45. The Morgan fingerprint density at radius 1 is 1.24 bits per heavy atom. The predicted octanol–water partition coefficient (Wildman–Crippen LogP) is 1.74. The van der Waals surface area contributed by atoms with Gasteiger partial charge in [0, 0.05) is 25.2 Å². The van der Waals surface area contributed by atoms with E-state index in [1.165, 1.54) is 0 Å². The Kier molecular flexibility index (Phi) is 3.26. The molecule has 1 N–H and O–H groups in total. The molecule has 0 spiro atoms. The summed E-state index contributed by atoms with van der Waals surface area (Å²) in [5.41, 5.74) is 0. The second-order valence-corrected chi connectivity index (χ2v) is 5.22. The Balaban J connectivity index is 2.14. The van der Waals surface area contributed by atoms with Crippen molar-refractivity contribution in [2.75, 3.05) is 18.0 Å². The molecule has 1 aromatic heterocycles. The van der Waals surface area contributed by atoms with E-state index in [0.29, 0.717) is 29.6 Å². The maximum Gasteiger partial charge on any atom is 0.445 e. The van der Waals surface area contributed by atoms with Gasteiger partial charge in [-0.05, 0) is 13.8 Å². The lowest BCUT2D eigenvalue weighted by molar-refractivity contribution is -0.138. The summed E-state index contributed by atoms with van der Waals surface area (Å²) in [5.74, 6) is 0. The number of anilines is 1. The minimum Gasteiger partial charge on any atom is -0.344 e. The highest BCUT2D eigenvalue weighted by Gasteiger charge is 2.36. The summed E-state index contributed by atoms with van der Waals surface area (Å²) >= 11 is 0.601. The average Bonchev–Trinajstić information content (AvgIpc) is 2.63. The number of piperazine rings is 1. The van der Waals surface area contributed by atoms with Crippen LogP contribution in [0.4, 0.5) is 18.3 Å². The predicted molar refractivity (Wildman–Crippen MR) is 59.2 cm³/mol. The average molecular weight is 266 g/mol. The van der Waals surface area contributed by atoms with Gasteiger partial charge in [-0.25, -0.2) is 0 Å². The molecule has 0 amide bonds. The molecule has 1 fully saturated rings. The minimum atomic E-state index is -4.40. The van der Waals surface area contributed by atoms with E-state index in [1.54, 1.807) is 0 Å². The van der Waals surface area contributed by atoms with Crippen LogP contribution in [0.3, 0.4) is 0 Å². The van der Waals surface area contributed by atoms with Crippen LogP contribution in [0, 0.1) is 0 Å². The van der Waals surface area contributed by atoms with Crippen LogP contribution >= 0.6 is 11.3 Å². The van der Waals surface area contributed by atoms with E-state index in [-0.39, 0.29) is 12.1 Å². The van der Waals surface area contributed by atoms with Gasteiger partial charge >= 0.3 is 6.18 Å². The maximum absolute atomic E-state index is 12.4. The van der Waals surface area contributed by atoms with Crippen molar-refractivity contribution in [3.63, 3.8) is 0 Å². The quantitative estimate of drug-likeness (QED) is 0.840. The second kappa shape index (κ2) is 4.41. The molecule has 2 unspecified atom stereocenters. The molecule has 2 rings (SSSR count). The Morgan fingerprint density at radius 3 is 2.29 bits per heavy atom. The fourth-order valence-corrected chi connectivity index (χ4v) is 2.67. The van der Waals surface area contributed by atoms with Gasteiger partial charge in [0.05, 0.1) is 0 Å². The molecule has 0 bridgehead atoms. The van der Waals surface area contributed by atoms with Gasteiger partial charge in [0.15, 0.2) is 0 Å². The van der Waals surface area contributed by atoms with Gasteiger partial charge in [0.2, 0.25) is 10.1 Å². The molecule has 0 aliphatic carbocycles. The summed E-state index contributed by atoms with van der Waals surface area (Å²) < 4.78 is 37.2. The van der Waals surface area contributed by atoms with Gasteiger partial charge in [-0.15, -0.1) is 10.2 Å². The van der Waals surface area contributed by atoms with E-state index >= 15 is 0 Å². The third kappa shape index (κ3) is 2.86. The lowest BCUT2D eigenvalue weighted by Gasteiger charge is -2.35. The van der Waals surface area contributed by atoms with Crippen molar-refractivity contribution in [2.45, 2.75) is 32.1 Å². The summed E-state index contributed by atoms with van der Waals surface area (Å²) in [6.07, 6.45) is -4.40. The first kappa shape index (κ1) is 12.6. The van der Waals surface area contributed by atoms with E-state index in [4.69, 9.17) is 0 Å². The SMILES string of the molecule is CC1CN(c2nnc(C(F)(F)F)s2)CC(C)N1. The third-order valence-electron chi connectivity index (χ3n) is 2.48. The summed E-state index contributed by atoms with van der Waals surface area (Å²) in [6.45, 7) is 5.29. The Morgan fingerprint density at radius 2 is 1.82 bits per heavy atom. The highest BCUT2D eigenvalue weighted by molar-refractivity contribution is 7.15. The van der Waals surface area contributed by atoms with Crippen LogP contribution in [0.15, 0.2) is 0 Å². The summed E-state index contributed by atoms with van der Waals surface area (Å²) in [6, 6.07) is 0.467. The van der Waals surface area contributed by atoms with Gasteiger partial charge < -0.3 is 10.2 Å². The Labute approximate surface area is 101 Å². The van der Waals surface area contributed by atoms with E-state index in [2.05, 4.69) is 15.5 Å². The number of halogens is 3. The molecule has 2 heterocycles. The molecule has 0 aromatic carbocycles. The molecule has 1 aliphatic rings. The summed E-state index contributed by atoms with van der Waals surface area (Å²) in [7, 11) is 0. The topological polar surface area (TPSA) is 41.1 Å². The normalized spacial score (nSPS) is 26.3. The van der Waals surface area contributed by atoms with Crippen molar-refractivity contribution in [2.24, 2.45) is 0 Å². The summed E-state index contributed by atoms with van der Waals surface area (Å²) in [4.78, 5) is 1.85. The monoisotopic (exact) mass is 266 g/mol. The number of nitrogens with zero attached hydrogens (tertiary/aromatic N) is 3. The molecule has 17 heavy (non-hydrogen) atoms. The first-order valence-corrected chi connectivity index (χ1v) is 6.09. The van der Waals surface area contributed by atoms with Gasteiger partial charge in [-0.1, -0.05) is 11.3 Å². The fraction of sp³-hybridized carbons (Fsp3) is 0.778. The van der Waals surface area contributed by atoms with Crippen LogP contribution in [-0.2, 0) is 6.18 Å². The summed E-state index contributed by atoms with van der Waals surface area (Å²) in [5, 5.41) is 9.59. The standard InChI is InChI=1S/C9H13F3N4S/c1-5-3-16(4-6(2)13-5)8-15-14-7(17-8)9(10,11)12/h5-6,13H,3-4H2,1-2H3. The molecule has 4 nitrogen and oxygen atoms in total. The van der Waals surface area contributed by atoms with Crippen molar-refractivity contribution in [1.82, 2.24) is 15.5 Å². The number of rotatable bonds is 1. The van der Waals surface area contributed by atoms with Crippen molar-refractivity contribution < 1.29 is 13.2 Å². The molecular formula is C9H13F3N4S. The molecule has 96 valence electrons. The number of hydrogen-bond acceptors (Lipinski definition) is 5. The number of alkyl halides is 3. The van der Waals surface area contributed by atoms with Crippen LogP contribution in [0.25, 0.3) is 0 Å². The highest BCUT2D eigenvalue weighted by atomic mass is 32.1. The Hall–Kier alpha value is -0.890. The Bertz CT molecular complexity index is 382. The first-order chi connectivity index (χ1) is 7.86. The van der Waals surface area contributed by atoms with Crippen LogP contribution < -0.4 is 10.2 Å². The van der Waals surface area contributed by atoms with Crippen molar-refractivity contribution in [1.29, 1.82) is 0 Å². The smallest absolute Gasteiger partial charge is 0.344 e. The molecule has 1 saturated heterocycles. The molecular weight excluding hydrogens is 253 g/mol. The largest absolute Gasteiger partial charge is 0.445 e. The number of hydrogen-bond donors (Lipinski definition) is 1. The maximum atomic E-state index is 12.4. The zero-order valence-corrected chi connectivity index (χ0v) is 10.3. The van der Waals surface area contributed by atoms with Gasteiger partial charge in [0.1, 0.15) is 0 Å². The van der Waals surface area contributed by atoms with Crippen molar-refractivity contribution in [3.8, 4) is 0 Å². The molecule has 1 aliphatic heterocycles. The highest BCUT2D eigenvalue weighted by Crippen LogP contribution is 2.34. The van der Waals surface area contributed by atoms with Crippen molar-refractivity contribution >= 4 is 16.5 Å². The number of aromatic nitrogens is 2. The number of nitrogens with one attached hydrogen (secondary N) is 1. The van der Waals surface area contributed by atoms with Crippen LogP contribution in [-0.4, -0.2) is 35.4 Å². The molecule has 1 aromatic rings. The lowest BCUT2D eigenvalue weighted by atomic mass is 10.2. The molecule has 8 heteroatoms. The molecule has 0 saturated carbocycles. The van der Waals surface area contributed by atoms with Crippen LogP contribution in [0.5, 0.6) is 0 Å². The third-order valence-corrected chi connectivity index (χ3v) is 3.51. The van der Waals surface area contributed by atoms with Gasteiger partial charge in [0.25, 0.3) is 0 Å². The van der Waals surface area contributed by atoms with Gasteiger partial charge in [-0.3, -0.25) is 0 Å². The van der Waals surface area contributed by atoms with E-state index in [1.807, 2.05) is 18.7 Å². The van der Waals surface area contributed by atoms with Crippen molar-refractivity contribution in [3.05, 3.63) is 5.01 Å². The fourth-order valence-electron chi connectivity index (χ4n) is 1.94. The molecule has 0 radical (unpaired) electrons. The first-order valence-electron chi connectivity index (χ1n) is 5.28. The zero-order chi connectivity index (χ0) is 12.6. The minimum absolute atomic E-state index is 0.233.